The molecule has 2 rings (SSSR count). The first kappa shape index (κ1) is 20.6. The molecular weight excluding hydrogens is 381 g/mol. The summed E-state index contributed by atoms with van der Waals surface area (Å²) in [6.45, 7) is 1.88. The van der Waals surface area contributed by atoms with Crippen LogP contribution in [0.4, 0.5) is 18.9 Å². The lowest BCUT2D eigenvalue weighted by Gasteiger charge is -2.09. The van der Waals surface area contributed by atoms with Crippen molar-refractivity contribution in [2.24, 2.45) is 0 Å². The Labute approximate surface area is 157 Å². The summed E-state index contributed by atoms with van der Waals surface area (Å²) in [5.74, 6) is -5.48. The van der Waals surface area contributed by atoms with Crippen molar-refractivity contribution in [2.75, 3.05) is 5.43 Å². The van der Waals surface area contributed by atoms with Crippen molar-refractivity contribution >= 4 is 34.5 Å². The Morgan fingerprint density at radius 2 is 1.63 bits per heavy atom. The third kappa shape index (κ3) is 5.92. The van der Waals surface area contributed by atoms with Crippen LogP contribution in [0.25, 0.3) is 0 Å². The van der Waals surface area contributed by atoms with Crippen molar-refractivity contribution in [2.45, 2.75) is 32.6 Å². The van der Waals surface area contributed by atoms with E-state index in [1.54, 1.807) is 6.07 Å². The van der Waals surface area contributed by atoms with E-state index in [1.165, 1.54) is 11.3 Å². The molecule has 2 aromatic rings. The van der Waals surface area contributed by atoms with Crippen molar-refractivity contribution in [1.82, 2.24) is 5.43 Å². The molecule has 0 aliphatic heterocycles. The highest BCUT2D eigenvalue weighted by Crippen LogP contribution is 2.19. The molecule has 9 heteroatoms. The molecule has 0 radical (unpaired) electrons. The standard InChI is InChI=1S/C18H17F3N2O3S/c1-10-2-8-15(27-10)14(25)7-3-11(24)4-9-16(26)23-22-13-6-5-12(19)17(20)18(13)21/h2,5-6,8,22H,3-4,7,9H2,1H3,(H,23,26). The first-order valence-electron chi connectivity index (χ1n) is 8.07. The van der Waals surface area contributed by atoms with Gasteiger partial charge in [-0.05, 0) is 31.2 Å². The predicted molar refractivity (Wildman–Crippen MR) is 94.9 cm³/mol. The molecule has 0 atom stereocenters. The van der Waals surface area contributed by atoms with E-state index in [-0.39, 0.29) is 37.2 Å². The van der Waals surface area contributed by atoms with Gasteiger partial charge in [0, 0.05) is 30.6 Å². The van der Waals surface area contributed by atoms with Crippen LogP contribution >= 0.6 is 11.3 Å². The van der Waals surface area contributed by atoms with Gasteiger partial charge >= 0.3 is 0 Å². The summed E-state index contributed by atoms with van der Waals surface area (Å²) in [4.78, 5) is 37.0. The van der Waals surface area contributed by atoms with E-state index in [0.717, 1.165) is 10.9 Å². The van der Waals surface area contributed by atoms with E-state index in [9.17, 15) is 27.6 Å². The van der Waals surface area contributed by atoms with Crippen LogP contribution < -0.4 is 10.9 Å². The first-order valence-corrected chi connectivity index (χ1v) is 8.89. The number of aryl methyl sites for hydroxylation is 1. The first-order chi connectivity index (χ1) is 12.8. The quantitative estimate of drug-likeness (QED) is 0.381. The van der Waals surface area contributed by atoms with Gasteiger partial charge in [-0.3, -0.25) is 25.2 Å². The molecule has 0 saturated heterocycles. The van der Waals surface area contributed by atoms with Gasteiger partial charge in [-0.25, -0.2) is 13.2 Å². The highest BCUT2D eigenvalue weighted by Gasteiger charge is 2.15. The molecule has 0 unspecified atom stereocenters. The second-order valence-electron chi connectivity index (χ2n) is 5.77. The number of amides is 1. The Balaban J connectivity index is 1.71. The van der Waals surface area contributed by atoms with Crippen LogP contribution in [0.3, 0.4) is 0 Å². The number of anilines is 1. The van der Waals surface area contributed by atoms with Gasteiger partial charge in [0.15, 0.2) is 23.2 Å². The average Bonchev–Trinajstić information content (AvgIpc) is 3.08. The van der Waals surface area contributed by atoms with E-state index < -0.39 is 29.0 Å². The lowest BCUT2D eigenvalue weighted by Crippen LogP contribution is -2.30. The highest BCUT2D eigenvalue weighted by atomic mass is 32.1. The Morgan fingerprint density at radius 1 is 0.926 bits per heavy atom. The number of carbonyl (C=O) groups excluding carboxylic acids is 3. The molecule has 1 heterocycles. The number of Topliss-reactive ketones (excluding diaryl/α,β-unsaturated/α-hetero) is 2. The molecule has 0 spiro atoms. The minimum absolute atomic E-state index is 0.0221. The number of hydrogen-bond donors (Lipinski definition) is 2. The minimum atomic E-state index is -1.66. The zero-order chi connectivity index (χ0) is 20.0. The Bertz CT molecular complexity index is 868. The van der Waals surface area contributed by atoms with Gasteiger partial charge in [-0.1, -0.05) is 0 Å². The van der Waals surface area contributed by atoms with E-state index in [0.29, 0.717) is 10.9 Å². The van der Waals surface area contributed by atoms with E-state index in [1.807, 2.05) is 13.0 Å². The molecule has 0 fully saturated rings. The monoisotopic (exact) mass is 398 g/mol. The third-order valence-electron chi connectivity index (χ3n) is 3.65. The van der Waals surface area contributed by atoms with Crippen molar-refractivity contribution in [3.05, 3.63) is 51.5 Å². The number of hydrogen-bond acceptors (Lipinski definition) is 5. The van der Waals surface area contributed by atoms with E-state index >= 15 is 0 Å². The van der Waals surface area contributed by atoms with Crippen LogP contribution in [0, 0.1) is 24.4 Å². The van der Waals surface area contributed by atoms with Gasteiger partial charge in [0.1, 0.15) is 5.78 Å². The Hall–Kier alpha value is -2.68. The largest absolute Gasteiger partial charge is 0.300 e. The number of hydrazine groups is 1. The summed E-state index contributed by atoms with van der Waals surface area (Å²) >= 11 is 1.36. The van der Waals surface area contributed by atoms with Gasteiger partial charge in [-0.15, -0.1) is 11.3 Å². The second-order valence-corrected chi connectivity index (χ2v) is 7.06. The molecular formula is C18H17F3N2O3S. The number of benzene rings is 1. The molecule has 144 valence electrons. The summed E-state index contributed by atoms with van der Waals surface area (Å²) in [6.07, 6.45) is -0.193. The van der Waals surface area contributed by atoms with Crippen LogP contribution in [0.2, 0.25) is 0 Å². The molecule has 1 amide bonds. The van der Waals surface area contributed by atoms with Gasteiger partial charge in [-0.2, -0.15) is 0 Å². The summed E-state index contributed by atoms with van der Waals surface area (Å²) < 4.78 is 39.3. The van der Waals surface area contributed by atoms with E-state index in [2.05, 4.69) is 10.9 Å². The topological polar surface area (TPSA) is 75.3 Å². The Kier molecular flexibility index (Phi) is 7.12. The zero-order valence-electron chi connectivity index (χ0n) is 14.4. The molecule has 5 nitrogen and oxygen atoms in total. The molecule has 0 aliphatic carbocycles. The maximum Gasteiger partial charge on any atom is 0.238 e. The maximum absolute atomic E-state index is 13.4. The summed E-state index contributed by atoms with van der Waals surface area (Å²) in [5.41, 5.74) is 3.79. The number of rotatable bonds is 9. The summed E-state index contributed by atoms with van der Waals surface area (Å²) in [7, 11) is 0. The minimum Gasteiger partial charge on any atom is -0.300 e. The normalized spacial score (nSPS) is 10.5. The van der Waals surface area contributed by atoms with Crippen molar-refractivity contribution in [3.63, 3.8) is 0 Å². The second kappa shape index (κ2) is 9.31. The molecule has 2 N–H and O–H groups in total. The number of nitrogens with one attached hydrogen (secondary N) is 2. The van der Waals surface area contributed by atoms with Crippen molar-refractivity contribution in [1.29, 1.82) is 0 Å². The smallest absolute Gasteiger partial charge is 0.238 e. The molecule has 0 saturated carbocycles. The van der Waals surface area contributed by atoms with Crippen LogP contribution in [-0.4, -0.2) is 17.5 Å². The van der Waals surface area contributed by atoms with E-state index in [4.69, 9.17) is 0 Å². The predicted octanol–water partition coefficient (Wildman–Crippen LogP) is 3.93. The molecule has 1 aromatic carbocycles. The zero-order valence-corrected chi connectivity index (χ0v) is 15.2. The fourth-order valence-electron chi connectivity index (χ4n) is 2.16. The van der Waals surface area contributed by atoms with Gasteiger partial charge in [0.2, 0.25) is 5.91 Å². The third-order valence-corrected chi connectivity index (χ3v) is 4.69. The lowest BCUT2D eigenvalue weighted by molar-refractivity contribution is -0.125. The lowest BCUT2D eigenvalue weighted by atomic mass is 10.1. The van der Waals surface area contributed by atoms with Crippen LogP contribution in [0.1, 0.15) is 40.2 Å². The number of thiophene rings is 1. The summed E-state index contributed by atoms with van der Waals surface area (Å²) in [6, 6.07) is 5.18. The number of halogens is 3. The van der Waals surface area contributed by atoms with Crippen LogP contribution in [0.5, 0.6) is 0 Å². The highest BCUT2D eigenvalue weighted by molar-refractivity contribution is 7.14. The fraction of sp³-hybridized carbons (Fsp3) is 0.278. The molecule has 0 aliphatic rings. The average molecular weight is 398 g/mol. The van der Waals surface area contributed by atoms with Gasteiger partial charge in [0.25, 0.3) is 0 Å². The molecule has 1 aromatic heterocycles. The maximum atomic E-state index is 13.4. The van der Waals surface area contributed by atoms with Crippen LogP contribution in [-0.2, 0) is 9.59 Å². The number of carbonyl (C=O) groups is 3. The van der Waals surface area contributed by atoms with Crippen molar-refractivity contribution in [3.8, 4) is 0 Å². The summed E-state index contributed by atoms with van der Waals surface area (Å²) in [5, 5.41) is 0. The SMILES string of the molecule is Cc1ccc(C(=O)CCC(=O)CCC(=O)NNc2ccc(F)c(F)c2F)s1. The molecule has 0 bridgehead atoms. The number of ketones is 2. The van der Waals surface area contributed by atoms with Gasteiger partial charge in [0.05, 0.1) is 10.6 Å². The van der Waals surface area contributed by atoms with Crippen molar-refractivity contribution < 1.29 is 27.6 Å². The van der Waals surface area contributed by atoms with Crippen LogP contribution in [0.15, 0.2) is 24.3 Å². The fourth-order valence-corrected chi connectivity index (χ4v) is 3.00. The van der Waals surface area contributed by atoms with Gasteiger partial charge < -0.3 is 0 Å². The molecule has 27 heavy (non-hydrogen) atoms. The Morgan fingerprint density at radius 3 is 2.30 bits per heavy atom.